The van der Waals surface area contributed by atoms with Crippen molar-refractivity contribution in [2.45, 2.75) is 18.3 Å². The summed E-state index contributed by atoms with van der Waals surface area (Å²) in [7, 11) is 3.21. The van der Waals surface area contributed by atoms with E-state index in [9.17, 15) is 9.59 Å². The predicted molar refractivity (Wildman–Crippen MR) is 101 cm³/mol. The van der Waals surface area contributed by atoms with Gasteiger partial charge in [-0.2, -0.15) is 0 Å². The number of carbonyl (C=O) groups is 1. The van der Waals surface area contributed by atoms with Gasteiger partial charge in [0, 0.05) is 37.4 Å². The van der Waals surface area contributed by atoms with Crippen molar-refractivity contribution in [2.24, 2.45) is 0 Å². The molecule has 1 fully saturated rings. The number of hydrogen-bond acceptors (Lipinski definition) is 5. The van der Waals surface area contributed by atoms with Crippen LogP contribution < -0.4 is 20.3 Å². The van der Waals surface area contributed by atoms with E-state index in [1.54, 1.807) is 14.2 Å². The summed E-state index contributed by atoms with van der Waals surface area (Å²) < 4.78 is 16.3. The standard InChI is InChI=1S/C20H24N2O5/c1-25-16-5-4-15(11-17(16)26-2)20(7-9-27-10-8-20)13-22-19(24)14-3-6-18(23)21-12-14/h3-6,11-12H,7-10,13H2,1-2H3,(H,21,23)(H,22,24). The zero-order chi connectivity index (χ0) is 19.3. The van der Waals surface area contributed by atoms with Crippen LogP contribution in [0.2, 0.25) is 0 Å². The van der Waals surface area contributed by atoms with E-state index in [-0.39, 0.29) is 16.9 Å². The first kappa shape index (κ1) is 19.0. The zero-order valence-electron chi connectivity index (χ0n) is 15.5. The number of aromatic amines is 1. The van der Waals surface area contributed by atoms with Crippen LogP contribution in [0.3, 0.4) is 0 Å². The zero-order valence-corrected chi connectivity index (χ0v) is 15.5. The summed E-state index contributed by atoms with van der Waals surface area (Å²) in [5.74, 6) is 1.10. The van der Waals surface area contributed by atoms with Crippen LogP contribution in [-0.2, 0) is 10.2 Å². The predicted octanol–water partition coefficient (Wildman–Crippen LogP) is 1.87. The Bertz CT molecular complexity index is 835. The Kier molecular flexibility index (Phi) is 5.81. The van der Waals surface area contributed by atoms with Crippen LogP contribution in [-0.4, -0.2) is 44.9 Å². The Morgan fingerprint density at radius 1 is 1.15 bits per heavy atom. The number of carbonyl (C=O) groups excluding carboxylic acids is 1. The molecule has 0 aliphatic carbocycles. The topological polar surface area (TPSA) is 89.7 Å². The van der Waals surface area contributed by atoms with Gasteiger partial charge in [-0.1, -0.05) is 6.07 Å². The number of rotatable bonds is 6. The lowest BCUT2D eigenvalue weighted by Gasteiger charge is -2.38. The molecule has 2 N–H and O–H groups in total. The molecular formula is C20H24N2O5. The minimum absolute atomic E-state index is 0.224. The molecule has 1 amide bonds. The molecule has 1 aromatic carbocycles. The number of H-pyrrole nitrogens is 1. The molecule has 2 heterocycles. The molecular weight excluding hydrogens is 348 g/mol. The Balaban J connectivity index is 1.83. The van der Waals surface area contributed by atoms with Crippen LogP contribution >= 0.6 is 0 Å². The molecule has 0 unspecified atom stereocenters. The van der Waals surface area contributed by atoms with Gasteiger partial charge in [0.05, 0.1) is 19.8 Å². The van der Waals surface area contributed by atoms with E-state index >= 15 is 0 Å². The molecule has 0 saturated carbocycles. The molecule has 27 heavy (non-hydrogen) atoms. The Morgan fingerprint density at radius 3 is 2.52 bits per heavy atom. The molecule has 7 nitrogen and oxygen atoms in total. The van der Waals surface area contributed by atoms with Crippen LogP contribution in [0.5, 0.6) is 11.5 Å². The molecule has 1 aromatic heterocycles. The molecule has 1 saturated heterocycles. The van der Waals surface area contributed by atoms with Gasteiger partial charge in [0.15, 0.2) is 11.5 Å². The summed E-state index contributed by atoms with van der Waals surface area (Å²) in [6.45, 7) is 1.72. The fraction of sp³-hybridized carbons (Fsp3) is 0.400. The number of nitrogens with one attached hydrogen (secondary N) is 2. The van der Waals surface area contributed by atoms with Crippen LogP contribution in [0, 0.1) is 0 Å². The molecule has 144 valence electrons. The normalized spacial score (nSPS) is 15.8. The molecule has 0 atom stereocenters. The van der Waals surface area contributed by atoms with E-state index in [1.165, 1.54) is 18.3 Å². The second-order valence-electron chi connectivity index (χ2n) is 6.59. The van der Waals surface area contributed by atoms with Crippen LogP contribution in [0.15, 0.2) is 41.3 Å². The van der Waals surface area contributed by atoms with E-state index < -0.39 is 0 Å². The Labute approximate surface area is 157 Å². The van der Waals surface area contributed by atoms with E-state index in [4.69, 9.17) is 14.2 Å². The summed E-state index contributed by atoms with van der Waals surface area (Å²) in [5.41, 5.74) is 1.00. The first-order valence-corrected chi connectivity index (χ1v) is 8.85. The fourth-order valence-electron chi connectivity index (χ4n) is 3.40. The van der Waals surface area contributed by atoms with E-state index in [1.807, 2.05) is 18.2 Å². The Hall–Kier alpha value is -2.80. The lowest BCUT2D eigenvalue weighted by atomic mass is 9.74. The van der Waals surface area contributed by atoms with Crippen molar-refractivity contribution in [1.29, 1.82) is 0 Å². The molecule has 1 aliphatic rings. The number of ether oxygens (including phenoxy) is 3. The lowest BCUT2D eigenvalue weighted by molar-refractivity contribution is 0.0486. The summed E-state index contributed by atoms with van der Waals surface area (Å²) in [5, 5.41) is 3.00. The van der Waals surface area contributed by atoms with E-state index in [2.05, 4.69) is 10.3 Å². The molecule has 7 heteroatoms. The molecule has 1 aliphatic heterocycles. The third kappa shape index (κ3) is 4.14. The van der Waals surface area contributed by atoms with Crippen LogP contribution in [0.25, 0.3) is 0 Å². The molecule has 0 bridgehead atoms. The van der Waals surface area contributed by atoms with E-state index in [0.717, 1.165) is 18.4 Å². The maximum atomic E-state index is 12.5. The highest BCUT2D eigenvalue weighted by Gasteiger charge is 2.35. The van der Waals surface area contributed by atoms with Gasteiger partial charge < -0.3 is 24.5 Å². The number of hydrogen-bond donors (Lipinski definition) is 2. The summed E-state index contributed by atoms with van der Waals surface area (Å²) in [4.78, 5) is 26.2. The van der Waals surface area contributed by atoms with Crippen LogP contribution in [0.1, 0.15) is 28.8 Å². The highest BCUT2D eigenvalue weighted by Crippen LogP contribution is 2.38. The minimum Gasteiger partial charge on any atom is -0.493 e. The van der Waals surface area contributed by atoms with Gasteiger partial charge in [0.2, 0.25) is 5.56 Å². The minimum atomic E-state index is -0.254. The van der Waals surface area contributed by atoms with Crippen molar-refractivity contribution in [3.05, 3.63) is 58.0 Å². The average molecular weight is 372 g/mol. The van der Waals surface area contributed by atoms with Gasteiger partial charge in [-0.05, 0) is 36.6 Å². The monoisotopic (exact) mass is 372 g/mol. The largest absolute Gasteiger partial charge is 0.493 e. The fourth-order valence-corrected chi connectivity index (χ4v) is 3.40. The van der Waals surface area contributed by atoms with Crippen molar-refractivity contribution >= 4 is 5.91 Å². The first-order valence-electron chi connectivity index (χ1n) is 8.85. The molecule has 0 radical (unpaired) electrons. The van der Waals surface area contributed by atoms with Crippen molar-refractivity contribution in [3.8, 4) is 11.5 Å². The summed E-state index contributed by atoms with van der Waals surface area (Å²) in [6, 6.07) is 8.72. The van der Waals surface area contributed by atoms with Gasteiger partial charge in [-0.3, -0.25) is 9.59 Å². The van der Waals surface area contributed by atoms with Crippen molar-refractivity contribution in [3.63, 3.8) is 0 Å². The van der Waals surface area contributed by atoms with Crippen LogP contribution in [0.4, 0.5) is 0 Å². The lowest BCUT2D eigenvalue weighted by Crippen LogP contribution is -2.44. The second-order valence-corrected chi connectivity index (χ2v) is 6.59. The molecule has 3 rings (SSSR count). The average Bonchev–Trinajstić information content (AvgIpc) is 2.72. The number of pyridine rings is 1. The van der Waals surface area contributed by atoms with E-state index in [0.29, 0.717) is 36.8 Å². The molecule has 0 spiro atoms. The maximum Gasteiger partial charge on any atom is 0.252 e. The highest BCUT2D eigenvalue weighted by molar-refractivity contribution is 5.93. The van der Waals surface area contributed by atoms with Gasteiger partial charge >= 0.3 is 0 Å². The first-order chi connectivity index (χ1) is 13.1. The number of amides is 1. The maximum absolute atomic E-state index is 12.5. The van der Waals surface area contributed by atoms with Crippen molar-refractivity contribution in [1.82, 2.24) is 10.3 Å². The second kappa shape index (κ2) is 8.26. The SMILES string of the molecule is COc1ccc(C2(CNC(=O)c3ccc(=O)[nH]c3)CCOCC2)cc1OC. The third-order valence-electron chi connectivity index (χ3n) is 5.08. The number of aromatic nitrogens is 1. The van der Waals surface area contributed by atoms with Gasteiger partial charge in [0.1, 0.15) is 0 Å². The quantitative estimate of drug-likeness (QED) is 0.808. The highest BCUT2D eigenvalue weighted by atomic mass is 16.5. The number of methoxy groups -OCH3 is 2. The molecule has 2 aromatic rings. The third-order valence-corrected chi connectivity index (χ3v) is 5.08. The Morgan fingerprint density at radius 2 is 1.89 bits per heavy atom. The smallest absolute Gasteiger partial charge is 0.252 e. The number of benzene rings is 1. The summed E-state index contributed by atoms with van der Waals surface area (Å²) in [6.07, 6.45) is 2.99. The summed E-state index contributed by atoms with van der Waals surface area (Å²) >= 11 is 0. The van der Waals surface area contributed by atoms with Gasteiger partial charge in [-0.15, -0.1) is 0 Å². The van der Waals surface area contributed by atoms with Gasteiger partial charge in [-0.25, -0.2) is 0 Å². The van der Waals surface area contributed by atoms with Crippen molar-refractivity contribution < 1.29 is 19.0 Å². The van der Waals surface area contributed by atoms with Crippen molar-refractivity contribution in [2.75, 3.05) is 34.0 Å². The van der Waals surface area contributed by atoms with Gasteiger partial charge in [0.25, 0.3) is 5.91 Å².